The third kappa shape index (κ3) is 4.39. The Hall–Kier alpha value is -2.98. The highest BCUT2D eigenvalue weighted by atomic mass is 16.6. The Morgan fingerprint density at radius 3 is 2.62 bits per heavy atom. The van der Waals surface area contributed by atoms with Gasteiger partial charge in [-0.25, -0.2) is 4.68 Å². The zero-order valence-electron chi connectivity index (χ0n) is 19.7. The van der Waals surface area contributed by atoms with Gasteiger partial charge in [0, 0.05) is 30.1 Å². The van der Waals surface area contributed by atoms with E-state index in [1.54, 1.807) is 0 Å². The van der Waals surface area contributed by atoms with Crippen molar-refractivity contribution in [1.82, 2.24) is 30.1 Å². The van der Waals surface area contributed by atoms with E-state index < -0.39 is 0 Å². The molecule has 2 N–H and O–H groups in total. The molecule has 34 heavy (non-hydrogen) atoms. The summed E-state index contributed by atoms with van der Waals surface area (Å²) in [6, 6.07) is 5.78. The molecule has 0 spiro atoms. The van der Waals surface area contributed by atoms with E-state index in [2.05, 4.69) is 39.3 Å². The van der Waals surface area contributed by atoms with Crippen molar-refractivity contribution in [1.29, 1.82) is 0 Å². The van der Waals surface area contributed by atoms with E-state index in [0.29, 0.717) is 54.9 Å². The number of tetrazole rings is 1. The molecule has 2 aromatic heterocycles. The fraction of sp³-hybridized carbons (Fsp3) is 0.583. The molecule has 2 aliphatic rings. The summed E-state index contributed by atoms with van der Waals surface area (Å²) in [6.45, 7) is 5.98. The fourth-order valence-corrected chi connectivity index (χ4v) is 5.26. The Balaban J connectivity index is 1.49. The number of aliphatic hydroxyl groups is 1. The van der Waals surface area contributed by atoms with Crippen molar-refractivity contribution in [3.8, 4) is 11.5 Å². The van der Waals surface area contributed by atoms with Gasteiger partial charge >= 0.3 is 0 Å². The molecule has 5 rings (SSSR count). The molecule has 0 radical (unpaired) electrons. The monoisotopic (exact) mass is 468 g/mol. The zero-order chi connectivity index (χ0) is 23.7. The molecule has 1 aliphatic heterocycles. The maximum atomic E-state index is 13.0. The fourth-order valence-electron chi connectivity index (χ4n) is 5.26. The molecule has 3 heterocycles. The van der Waals surface area contributed by atoms with Crippen LogP contribution in [-0.2, 0) is 6.54 Å². The lowest BCUT2D eigenvalue weighted by molar-refractivity contribution is 0.104. The van der Waals surface area contributed by atoms with Gasteiger partial charge in [0.05, 0.1) is 24.2 Å². The van der Waals surface area contributed by atoms with Gasteiger partial charge in [0.1, 0.15) is 13.2 Å². The first-order valence-corrected chi connectivity index (χ1v) is 12.1. The van der Waals surface area contributed by atoms with Crippen LogP contribution in [-0.4, -0.2) is 61.6 Å². The van der Waals surface area contributed by atoms with Gasteiger partial charge in [0.25, 0.3) is 5.56 Å². The van der Waals surface area contributed by atoms with Crippen molar-refractivity contribution in [3.05, 3.63) is 39.9 Å². The SMILES string of the molecule is CC(C)[C@H](c1nnnn1C1CCCC1)N(CCO)Cc1cc2cc3c(cc2[nH]c1=O)OCCO3. The molecule has 0 saturated heterocycles. The largest absolute Gasteiger partial charge is 0.486 e. The van der Waals surface area contributed by atoms with Gasteiger partial charge in [-0.1, -0.05) is 26.7 Å². The van der Waals surface area contributed by atoms with Gasteiger partial charge in [0.15, 0.2) is 17.3 Å². The third-order valence-corrected chi connectivity index (χ3v) is 6.82. The van der Waals surface area contributed by atoms with Crippen molar-refractivity contribution in [2.75, 3.05) is 26.4 Å². The first kappa shape index (κ1) is 22.8. The summed E-state index contributed by atoms with van der Waals surface area (Å²) in [7, 11) is 0. The Morgan fingerprint density at radius 2 is 1.91 bits per heavy atom. The normalized spacial score (nSPS) is 17.2. The molecular weight excluding hydrogens is 436 g/mol. The predicted molar refractivity (Wildman–Crippen MR) is 126 cm³/mol. The highest BCUT2D eigenvalue weighted by molar-refractivity contribution is 5.83. The molecule has 1 aliphatic carbocycles. The van der Waals surface area contributed by atoms with Crippen molar-refractivity contribution in [2.45, 2.75) is 58.2 Å². The van der Waals surface area contributed by atoms with Crippen LogP contribution in [0.1, 0.15) is 63.0 Å². The number of aromatic nitrogens is 5. The number of hydrogen-bond donors (Lipinski definition) is 2. The number of nitrogens with zero attached hydrogens (tertiary/aromatic N) is 5. The summed E-state index contributed by atoms with van der Waals surface area (Å²) >= 11 is 0. The van der Waals surface area contributed by atoms with Crippen LogP contribution in [0.4, 0.5) is 0 Å². The topological polar surface area (TPSA) is 118 Å². The minimum Gasteiger partial charge on any atom is -0.486 e. The van der Waals surface area contributed by atoms with E-state index in [9.17, 15) is 9.90 Å². The van der Waals surface area contributed by atoms with E-state index in [1.165, 1.54) is 12.8 Å². The Bertz CT molecular complexity index is 1200. The van der Waals surface area contributed by atoms with Crippen molar-refractivity contribution >= 4 is 10.9 Å². The molecular formula is C24H32N6O4. The summed E-state index contributed by atoms with van der Waals surface area (Å²) in [4.78, 5) is 18.1. The first-order chi connectivity index (χ1) is 16.5. The number of fused-ring (bicyclic) bond motifs is 2. The third-order valence-electron chi connectivity index (χ3n) is 6.82. The molecule has 1 atom stereocenters. The maximum Gasteiger partial charge on any atom is 0.252 e. The maximum absolute atomic E-state index is 13.0. The van der Waals surface area contributed by atoms with Crippen LogP contribution in [0.15, 0.2) is 23.0 Å². The predicted octanol–water partition coefficient (Wildman–Crippen LogP) is 2.59. The van der Waals surface area contributed by atoms with Gasteiger partial charge in [-0.05, 0) is 41.3 Å². The van der Waals surface area contributed by atoms with E-state index in [1.807, 2.05) is 22.9 Å². The summed E-state index contributed by atoms with van der Waals surface area (Å²) in [5.41, 5.74) is 1.16. The van der Waals surface area contributed by atoms with Gasteiger partial charge in [-0.2, -0.15) is 0 Å². The molecule has 182 valence electrons. The van der Waals surface area contributed by atoms with Gasteiger partial charge in [0.2, 0.25) is 0 Å². The Kier molecular flexibility index (Phi) is 6.51. The number of nitrogens with one attached hydrogen (secondary N) is 1. The smallest absolute Gasteiger partial charge is 0.252 e. The lowest BCUT2D eigenvalue weighted by Gasteiger charge is -2.33. The summed E-state index contributed by atoms with van der Waals surface area (Å²) in [5.74, 6) is 2.30. The highest BCUT2D eigenvalue weighted by Crippen LogP contribution is 2.36. The van der Waals surface area contributed by atoms with Gasteiger partial charge in [-0.15, -0.1) is 5.10 Å². The van der Waals surface area contributed by atoms with Crippen LogP contribution < -0.4 is 15.0 Å². The van der Waals surface area contributed by atoms with Crippen molar-refractivity contribution in [2.24, 2.45) is 5.92 Å². The van der Waals surface area contributed by atoms with Crippen LogP contribution in [0.25, 0.3) is 10.9 Å². The molecule has 10 heteroatoms. The molecule has 0 bridgehead atoms. The quantitative estimate of drug-likeness (QED) is 0.518. The van der Waals surface area contributed by atoms with Crippen LogP contribution in [0.3, 0.4) is 0 Å². The Labute approximate surface area is 197 Å². The first-order valence-electron chi connectivity index (χ1n) is 12.1. The second kappa shape index (κ2) is 9.71. The van der Waals surface area contributed by atoms with Crippen molar-refractivity contribution < 1.29 is 14.6 Å². The average Bonchev–Trinajstić information content (AvgIpc) is 3.50. The standard InChI is InChI=1S/C24H32N6O4/c1-15(2)22(23-26-27-28-30(23)18-5-3-4-6-18)29(7-8-31)14-17-11-16-12-20-21(34-10-9-33-20)13-19(16)25-24(17)32/h11-13,15,18,22,31H,3-10,14H2,1-2H3,(H,25,32)/t22-/m1/s1. The number of aliphatic hydroxyl groups excluding tert-OH is 1. The van der Waals surface area contributed by atoms with Crippen molar-refractivity contribution in [3.63, 3.8) is 0 Å². The lowest BCUT2D eigenvalue weighted by Crippen LogP contribution is -2.37. The van der Waals surface area contributed by atoms with E-state index >= 15 is 0 Å². The number of benzene rings is 1. The number of rotatable bonds is 8. The van der Waals surface area contributed by atoms with Crippen LogP contribution in [0, 0.1) is 5.92 Å². The van der Waals surface area contributed by atoms with Crippen LogP contribution in [0.5, 0.6) is 11.5 Å². The molecule has 1 fully saturated rings. The lowest BCUT2D eigenvalue weighted by atomic mass is 10.00. The number of pyridine rings is 1. The summed E-state index contributed by atoms with van der Waals surface area (Å²) in [6.07, 6.45) is 4.51. The molecule has 0 amide bonds. The number of aromatic amines is 1. The minimum absolute atomic E-state index is 0.0294. The van der Waals surface area contributed by atoms with Crippen LogP contribution >= 0.6 is 0 Å². The molecule has 3 aromatic rings. The molecule has 10 nitrogen and oxygen atoms in total. The summed E-state index contributed by atoms with van der Waals surface area (Å²) < 4.78 is 13.3. The molecule has 1 saturated carbocycles. The number of hydrogen-bond acceptors (Lipinski definition) is 8. The second-order valence-corrected chi connectivity index (χ2v) is 9.51. The number of H-pyrrole nitrogens is 1. The number of ether oxygens (including phenoxy) is 2. The average molecular weight is 469 g/mol. The van der Waals surface area contributed by atoms with E-state index in [0.717, 1.165) is 24.1 Å². The molecule has 0 unspecified atom stereocenters. The highest BCUT2D eigenvalue weighted by Gasteiger charge is 2.32. The van der Waals surface area contributed by atoms with E-state index in [-0.39, 0.29) is 24.1 Å². The zero-order valence-corrected chi connectivity index (χ0v) is 19.7. The van der Waals surface area contributed by atoms with Gasteiger partial charge in [-0.3, -0.25) is 9.69 Å². The van der Waals surface area contributed by atoms with Gasteiger partial charge < -0.3 is 19.6 Å². The summed E-state index contributed by atoms with van der Waals surface area (Å²) in [5, 5.41) is 23.5. The minimum atomic E-state index is -0.162. The second-order valence-electron chi connectivity index (χ2n) is 9.51. The molecule has 1 aromatic carbocycles. The van der Waals surface area contributed by atoms with Crippen LogP contribution in [0.2, 0.25) is 0 Å². The van der Waals surface area contributed by atoms with E-state index in [4.69, 9.17) is 9.47 Å². The Morgan fingerprint density at radius 1 is 1.18 bits per heavy atom.